The molecule has 0 aliphatic carbocycles. The average molecular weight is 444 g/mol. The number of amides is 1. The van der Waals surface area contributed by atoms with E-state index in [1.807, 2.05) is 0 Å². The second-order valence-electron chi connectivity index (χ2n) is 7.01. The van der Waals surface area contributed by atoms with Gasteiger partial charge in [-0.2, -0.15) is 0 Å². The van der Waals surface area contributed by atoms with Gasteiger partial charge in [-0.15, -0.1) is 0 Å². The van der Waals surface area contributed by atoms with Crippen LogP contribution in [-0.2, 0) is 14.8 Å². The van der Waals surface area contributed by atoms with Crippen LogP contribution >= 0.6 is 0 Å². The maximum absolute atomic E-state index is 13.5. The molecule has 0 bridgehead atoms. The maximum Gasteiger partial charge on any atom is 0.266 e. The standard InChI is InChI=1S/C19H19F3N2O5S/c1-19(9-29-10-19)24-30(26,27)12-4-6-16(28-2)14(8-12)18(25)23-11-3-5-15(20)13(7-11)17(21)22/h3-8,17,24H,9-10H2,1-2H3,(H,23,25). The Morgan fingerprint density at radius 2 is 1.90 bits per heavy atom. The summed E-state index contributed by atoms with van der Waals surface area (Å²) in [6.45, 7) is 2.11. The smallest absolute Gasteiger partial charge is 0.266 e. The molecule has 0 unspecified atom stereocenters. The van der Waals surface area contributed by atoms with Crippen LogP contribution in [0.25, 0.3) is 0 Å². The third kappa shape index (κ3) is 4.58. The number of benzene rings is 2. The van der Waals surface area contributed by atoms with Crippen molar-refractivity contribution < 1.29 is 35.9 Å². The van der Waals surface area contributed by atoms with Gasteiger partial charge in [0.05, 0.1) is 41.9 Å². The average Bonchev–Trinajstić information content (AvgIpc) is 2.67. The predicted molar refractivity (Wildman–Crippen MR) is 102 cm³/mol. The first-order valence-electron chi connectivity index (χ1n) is 8.73. The van der Waals surface area contributed by atoms with Crippen LogP contribution in [0.4, 0.5) is 18.9 Å². The van der Waals surface area contributed by atoms with Crippen molar-refractivity contribution in [3.05, 3.63) is 53.3 Å². The van der Waals surface area contributed by atoms with Gasteiger partial charge in [-0.25, -0.2) is 26.3 Å². The minimum atomic E-state index is -3.97. The molecule has 3 rings (SSSR count). The van der Waals surface area contributed by atoms with E-state index < -0.39 is 39.3 Å². The molecule has 11 heteroatoms. The molecule has 0 radical (unpaired) electrons. The Balaban J connectivity index is 1.90. The summed E-state index contributed by atoms with van der Waals surface area (Å²) >= 11 is 0. The Kier molecular flexibility index (Phi) is 6.06. The zero-order valence-electron chi connectivity index (χ0n) is 16.0. The van der Waals surface area contributed by atoms with Crippen LogP contribution in [0.5, 0.6) is 5.75 Å². The molecule has 1 heterocycles. The number of halogens is 3. The highest BCUT2D eigenvalue weighted by atomic mass is 32.2. The van der Waals surface area contributed by atoms with Gasteiger partial charge < -0.3 is 14.8 Å². The van der Waals surface area contributed by atoms with Crippen LogP contribution in [0.3, 0.4) is 0 Å². The zero-order valence-corrected chi connectivity index (χ0v) is 16.9. The Morgan fingerprint density at radius 1 is 1.20 bits per heavy atom. The molecule has 1 saturated heterocycles. The Morgan fingerprint density at radius 3 is 2.47 bits per heavy atom. The Hall–Kier alpha value is -2.63. The minimum Gasteiger partial charge on any atom is -0.496 e. The first-order chi connectivity index (χ1) is 14.0. The monoisotopic (exact) mass is 444 g/mol. The van der Waals surface area contributed by atoms with E-state index in [9.17, 15) is 26.4 Å². The summed E-state index contributed by atoms with van der Waals surface area (Å²) in [5, 5.41) is 2.35. The zero-order chi connectivity index (χ0) is 22.1. The van der Waals surface area contributed by atoms with Crippen LogP contribution in [-0.4, -0.2) is 40.2 Å². The lowest BCUT2D eigenvalue weighted by atomic mass is 10.0. The molecule has 1 amide bonds. The van der Waals surface area contributed by atoms with Gasteiger partial charge in [-0.3, -0.25) is 4.79 Å². The number of ether oxygens (including phenoxy) is 2. The summed E-state index contributed by atoms with van der Waals surface area (Å²) in [6.07, 6.45) is -3.06. The SMILES string of the molecule is COc1ccc(S(=O)(=O)NC2(C)COC2)cc1C(=O)Nc1ccc(F)c(C(F)F)c1. The Bertz CT molecular complexity index is 1070. The second-order valence-corrected chi connectivity index (χ2v) is 8.69. The van der Waals surface area contributed by atoms with Crippen molar-refractivity contribution in [2.75, 3.05) is 25.6 Å². The van der Waals surface area contributed by atoms with Gasteiger partial charge in [0.25, 0.3) is 12.3 Å². The fraction of sp³-hybridized carbons (Fsp3) is 0.316. The van der Waals surface area contributed by atoms with E-state index in [1.54, 1.807) is 6.92 Å². The van der Waals surface area contributed by atoms with Crippen molar-refractivity contribution >= 4 is 21.6 Å². The molecule has 0 aromatic heterocycles. The summed E-state index contributed by atoms with van der Waals surface area (Å²) < 4.78 is 77.2. The molecule has 1 fully saturated rings. The lowest BCUT2D eigenvalue weighted by molar-refractivity contribution is -0.0523. The van der Waals surface area contributed by atoms with E-state index in [0.29, 0.717) is 0 Å². The molecule has 2 N–H and O–H groups in total. The number of hydrogen-bond acceptors (Lipinski definition) is 5. The highest BCUT2D eigenvalue weighted by Crippen LogP contribution is 2.28. The first-order valence-corrected chi connectivity index (χ1v) is 10.2. The number of alkyl halides is 2. The van der Waals surface area contributed by atoms with Crippen LogP contribution in [0, 0.1) is 5.82 Å². The van der Waals surface area contributed by atoms with Gasteiger partial charge in [0.15, 0.2) is 0 Å². The summed E-state index contributed by atoms with van der Waals surface area (Å²) in [7, 11) is -2.68. The number of sulfonamides is 1. The van der Waals surface area contributed by atoms with Crippen LogP contribution in [0.2, 0.25) is 0 Å². The summed E-state index contributed by atoms with van der Waals surface area (Å²) in [6, 6.07) is 6.42. The molecule has 0 saturated carbocycles. The predicted octanol–water partition coefficient (Wildman–Crippen LogP) is 3.09. The van der Waals surface area contributed by atoms with Gasteiger partial charge >= 0.3 is 0 Å². The summed E-state index contributed by atoms with van der Waals surface area (Å²) in [5.74, 6) is -1.84. The maximum atomic E-state index is 13.5. The highest BCUT2D eigenvalue weighted by Gasteiger charge is 2.38. The van der Waals surface area contributed by atoms with E-state index in [2.05, 4.69) is 10.0 Å². The fourth-order valence-electron chi connectivity index (χ4n) is 2.87. The molecule has 30 heavy (non-hydrogen) atoms. The van der Waals surface area contributed by atoms with E-state index in [-0.39, 0.29) is 35.1 Å². The molecule has 162 valence electrons. The summed E-state index contributed by atoms with van der Waals surface area (Å²) in [5.41, 5.74) is -1.83. The lowest BCUT2D eigenvalue weighted by Crippen LogP contribution is -2.59. The molecule has 1 aliphatic heterocycles. The van der Waals surface area contributed by atoms with Crippen LogP contribution in [0.1, 0.15) is 29.3 Å². The van der Waals surface area contributed by atoms with E-state index >= 15 is 0 Å². The highest BCUT2D eigenvalue weighted by molar-refractivity contribution is 7.89. The van der Waals surface area contributed by atoms with E-state index in [0.717, 1.165) is 24.3 Å². The van der Waals surface area contributed by atoms with Crippen molar-refractivity contribution in [3.8, 4) is 5.75 Å². The molecule has 2 aromatic rings. The van der Waals surface area contributed by atoms with Gasteiger partial charge in [0, 0.05) is 5.69 Å². The third-order valence-electron chi connectivity index (χ3n) is 4.44. The van der Waals surface area contributed by atoms with Crippen molar-refractivity contribution in [1.82, 2.24) is 4.72 Å². The number of methoxy groups -OCH3 is 1. The molecule has 2 aromatic carbocycles. The fourth-order valence-corrected chi connectivity index (χ4v) is 4.27. The summed E-state index contributed by atoms with van der Waals surface area (Å²) in [4.78, 5) is 12.5. The normalized spacial score (nSPS) is 15.5. The molecule has 0 atom stereocenters. The molecule has 0 spiro atoms. The number of carbonyl (C=O) groups is 1. The largest absolute Gasteiger partial charge is 0.496 e. The van der Waals surface area contributed by atoms with Crippen LogP contribution in [0.15, 0.2) is 41.3 Å². The second kappa shape index (κ2) is 8.25. The quantitative estimate of drug-likeness (QED) is 0.685. The topological polar surface area (TPSA) is 93.7 Å². The van der Waals surface area contributed by atoms with E-state index in [1.165, 1.54) is 19.2 Å². The molecule has 1 aliphatic rings. The molecule has 7 nitrogen and oxygen atoms in total. The lowest BCUT2D eigenvalue weighted by Gasteiger charge is -2.38. The van der Waals surface area contributed by atoms with Gasteiger partial charge in [-0.05, 0) is 43.3 Å². The van der Waals surface area contributed by atoms with E-state index in [4.69, 9.17) is 9.47 Å². The molecular formula is C19H19F3N2O5S. The Labute approximate surface area is 171 Å². The van der Waals surface area contributed by atoms with Gasteiger partial charge in [0.2, 0.25) is 10.0 Å². The number of nitrogens with one attached hydrogen (secondary N) is 2. The van der Waals surface area contributed by atoms with Crippen molar-refractivity contribution in [3.63, 3.8) is 0 Å². The minimum absolute atomic E-state index is 0.0702. The van der Waals surface area contributed by atoms with Gasteiger partial charge in [-0.1, -0.05) is 0 Å². The van der Waals surface area contributed by atoms with Crippen molar-refractivity contribution in [2.24, 2.45) is 0 Å². The van der Waals surface area contributed by atoms with Crippen molar-refractivity contribution in [2.45, 2.75) is 23.8 Å². The number of hydrogen-bond donors (Lipinski definition) is 2. The van der Waals surface area contributed by atoms with Gasteiger partial charge in [0.1, 0.15) is 11.6 Å². The first kappa shape index (κ1) is 22.1. The molecular weight excluding hydrogens is 425 g/mol. The number of anilines is 1. The third-order valence-corrected chi connectivity index (χ3v) is 6.07. The number of carbonyl (C=O) groups excluding carboxylic acids is 1. The van der Waals surface area contributed by atoms with Crippen molar-refractivity contribution in [1.29, 1.82) is 0 Å². The van der Waals surface area contributed by atoms with Crippen LogP contribution < -0.4 is 14.8 Å². The number of rotatable bonds is 7.